The van der Waals surface area contributed by atoms with E-state index in [1.165, 1.54) is 0 Å². The van der Waals surface area contributed by atoms with Gasteiger partial charge in [-0.1, -0.05) is 0 Å². The van der Waals surface area contributed by atoms with Gasteiger partial charge in [-0.15, -0.1) is 0 Å². The Morgan fingerprint density at radius 1 is 1.04 bits per heavy atom. The number of aliphatic hydroxyl groups excluding tert-OH is 4. The molecule has 138 valence electrons. The quantitative estimate of drug-likeness (QED) is 0.235. The van der Waals surface area contributed by atoms with Crippen LogP contribution in [0.4, 0.5) is 0 Å². The van der Waals surface area contributed by atoms with E-state index in [4.69, 9.17) is 30.4 Å². The van der Waals surface area contributed by atoms with Crippen molar-refractivity contribution >= 4 is 0 Å². The number of epoxide rings is 1. The van der Waals surface area contributed by atoms with Gasteiger partial charge in [0.1, 0.15) is 31.0 Å². The normalized spacial score (nSPS) is 61.4. The summed E-state index contributed by atoms with van der Waals surface area (Å²) in [5.74, 6) is -6.70. The molecule has 3 aliphatic heterocycles. The molecule has 11 heteroatoms. The molecule has 11 nitrogen and oxygen atoms in total. The predicted molar refractivity (Wildman–Crippen MR) is 72.5 cm³/mol. The number of hydrogen-bond donors (Lipinski definition) is 7. The van der Waals surface area contributed by atoms with E-state index in [2.05, 4.69) is 0 Å². The van der Waals surface area contributed by atoms with Crippen molar-refractivity contribution in [3.8, 4) is 0 Å². The molecule has 0 radical (unpaired) electrons. The minimum absolute atomic E-state index is 0.0979. The largest absolute Gasteiger partial charge is 0.391 e. The Morgan fingerprint density at radius 3 is 2.25 bits per heavy atom. The zero-order valence-corrected chi connectivity index (χ0v) is 12.7. The highest BCUT2D eigenvalue weighted by Crippen LogP contribution is 2.64. The molecule has 9 N–H and O–H groups in total. The van der Waals surface area contributed by atoms with E-state index in [0.29, 0.717) is 0 Å². The SMILES string of the molecule is NCC1O[C@]2(O[C@]3(CO)OC4(O)C(C3O)[C@H]4CN)OC2C(O)[C@@H]1O. The minimum atomic E-state index is -2.00. The van der Waals surface area contributed by atoms with Crippen LogP contribution in [-0.4, -0.2) is 93.3 Å². The first-order chi connectivity index (χ1) is 11.3. The van der Waals surface area contributed by atoms with Crippen molar-refractivity contribution in [2.45, 2.75) is 48.1 Å². The molecule has 0 amide bonds. The van der Waals surface area contributed by atoms with Gasteiger partial charge in [0.15, 0.2) is 11.9 Å². The molecule has 0 aromatic heterocycles. The standard InChI is InChI=1S/C13H22N2O9/c14-1-4-6-9(19)11(3-16,23-12(4,6)20)24-13-10(22-13)8(18)7(17)5(2-15)21-13/h4-10,16-20H,1-3,14-15H2/t4-,5?,6?,7-,8?,9?,10?,11+,12?,13+/m1/s1. The Morgan fingerprint density at radius 2 is 1.75 bits per heavy atom. The van der Waals surface area contributed by atoms with Crippen LogP contribution in [0.3, 0.4) is 0 Å². The predicted octanol–water partition coefficient (Wildman–Crippen LogP) is -4.89. The molecular weight excluding hydrogens is 328 g/mol. The van der Waals surface area contributed by atoms with E-state index in [-0.39, 0.29) is 13.1 Å². The van der Waals surface area contributed by atoms with E-state index in [0.717, 1.165) is 0 Å². The van der Waals surface area contributed by atoms with Gasteiger partial charge in [-0.2, -0.15) is 0 Å². The average molecular weight is 350 g/mol. The molecule has 3 heterocycles. The lowest BCUT2D eigenvalue weighted by molar-refractivity contribution is -0.409. The third kappa shape index (κ3) is 1.94. The van der Waals surface area contributed by atoms with Gasteiger partial charge in [0.2, 0.25) is 5.79 Å². The molecule has 0 spiro atoms. The highest BCUT2D eigenvalue weighted by molar-refractivity contribution is 5.19. The fourth-order valence-corrected chi connectivity index (χ4v) is 3.93. The van der Waals surface area contributed by atoms with Gasteiger partial charge >= 0.3 is 5.97 Å². The third-order valence-corrected chi connectivity index (χ3v) is 5.42. The van der Waals surface area contributed by atoms with Gasteiger partial charge in [-0.25, -0.2) is 0 Å². The maximum Gasteiger partial charge on any atom is 0.317 e. The monoisotopic (exact) mass is 350 g/mol. The van der Waals surface area contributed by atoms with Crippen LogP contribution in [0.25, 0.3) is 0 Å². The Bertz CT molecular complexity index is 540. The Hall–Kier alpha value is -0.440. The highest BCUT2D eigenvalue weighted by atomic mass is 17.0. The second-order valence-electron chi connectivity index (χ2n) is 6.75. The molecule has 1 saturated carbocycles. The van der Waals surface area contributed by atoms with Crippen LogP contribution in [-0.2, 0) is 18.9 Å². The molecule has 6 unspecified atom stereocenters. The summed E-state index contributed by atoms with van der Waals surface area (Å²) in [6.07, 6.45) is -5.98. The molecule has 4 aliphatic rings. The Labute approximate surface area is 136 Å². The molecule has 0 aromatic rings. The molecule has 3 saturated heterocycles. The first-order valence-electron chi connectivity index (χ1n) is 7.82. The van der Waals surface area contributed by atoms with Crippen LogP contribution in [0.1, 0.15) is 0 Å². The molecule has 24 heavy (non-hydrogen) atoms. The number of ether oxygens (including phenoxy) is 4. The lowest BCUT2D eigenvalue weighted by atomic mass is 10.0. The number of hydrogen-bond acceptors (Lipinski definition) is 11. The Balaban J connectivity index is 1.55. The first-order valence-corrected chi connectivity index (χ1v) is 7.82. The molecule has 4 rings (SSSR count). The summed E-state index contributed by atoms with van der Waals surface area (Å²) in [7, 11) is 0. The zero-order chi connectivity index (χ0) is 17.5. The maximum atomic E-state index is 10.4. The van der Waals surface area contributed by atoms with Gasteiger partial charge in [0.25, 0.3) is 0 Å². The first kappa shape index (κ1) is 17.0. The fraction of sp³-hybridized carbons (Fsp3) is 1.00. The van der Waals surface area contributed by atoms with Crippen molar-refractivity contribution in [2.24, 2.45) is 23.3 Å². The number of aliphatic hydroxyl groups is 5. The van der Waals surface area contributed by atoms with Crippen LogP contribution >= 0.6 is 0 Å². The van der Waals surface area contributed by atoms with Crippen molar-refractivity contribution in [1.29, 1.82) is 0 Å². The summed E-state index contributed by atoms with van der Waals surface area (Å²) >= 11 is 0. The zero-order valence-electron chi connectivity index (χ0n) is 12.7. The van der Waals surface area contributed by atoms with E-state index in [9.17, 15) is 25.5 Å². The van der Waals surface area contributed by atoms with Gasteiger partial charge in [-0.3, -0.25) is 4.74 Å². The van der Waals surface area contributed by atoms with Crippen molar-refractivity contribution in [3.05, 3.63) is 0 Å². The van der Waals surface area contributed by atoms with E-state index >= 15 is 0 Å². The number of fused-ring (bicyclic) bond motifs is 2. The van der Waals surface area contributed by atoms with Gasteiger partial charge in [0.05, 0.1) is 5.92 Å². The highest BCUT2D eigenvalue weighted by Gasteiger charge is 2.82. The second kappa shape index (κ2) is 5.05. The van der Waals surface area contributed by atoms with Gasteiger partial charge in [-0.05, 0) is 0 Å². The number of nitrogens with two attached hydrogens (primary N) is 2. The third-order valence-electron chi connectivity index (χ3n) is 5.42. The second-order valence-corrected chi connectivity index (χ2v) is 6.75. The number of rotatable bonds is 5. The van der Waals surface area contributed by atoms with E-state index in [1.54, 1.807) is 0 Å². The van der Waals surface area contributed by atoms with Crippen LogP contribution in [0.5, 0.6) is 0 Å². The molecular formula is C13H22N2O9. The molecule has 1 aliphatic carbocycles. The smallest absolute Gasteiger partial charge is 0.317 e. The van der Waals surface area contributed by atoms with Crippen LogP contribution in [0, 0.1) is 11.8 Å². The minimum Gasteiger partial charge on any atom is -0.391 e. The lowest BCUT2D eigenvalue weighted by Gasteiger charge is -2.39. The van der Waals surface area contributed by atoms with Crippen LogP contribution < -0.4 is 11.5 Å². The fourth-order valence-electron chi connectivity index (χ4n) is 3.93. The molecule has 10 atom stereocenters. The Kier molecular flexibility index (Phi) is 3.58. The average Bonchev–Trinajstić information content (AvgIpc) is 3.40. The van der Waals surface area contributed by atoms with Gasteiger partial charge < -0.3 is 51.2 Å². The van der Waals surface area contributed by atoms with Crippen LogP contribution in [0.15, 0.2) is 0 Å². The maximum absolute atomic E-state index is 10.4. The summed E-state index contributed by atoms with van der Waals surface area (Å²) in [6.45, 7) is -0.811. The summed E-state index contributed by atoms with van der Waals surface area (Å²) in [4.78, 5) is 0. The molecule has 0 aromatic carbocycles. The van der Waals surface area contributed by atoms with Crippen LogP contribution in [0.2, 0.25) is 0 Å². The van der Waals surface area contributed by atoms with E-state index in [1.807, 2.05) is 0 Å². The topological polar surface area (TPSA) is 193 Å². The van der Waals surface area contributed by atoms with Crippen molar-refractivity contribution in [3.63, 3.8) is 0 Å². The van der Waals surface area contributed by atoms with Crippen molar-refractivity contribution < 1.29 is 44.5 Å². The summed E-state index contributed by atoms with van der Waals surface area (Å²) in [6, 6.07) is 0. The van der Waals surface area contributed by atoms with E-state index < -0.39 is 66.5 Å². The van der Waals surface area contributed by atoms with Gasteiger partial charge in [0, 0.05) is 19.0 Å². The lowest BCUT2D eigenvalue weighted by Crippen LogP contribution is -2.60. The summed E-state index contributed by atoms with van der Waals surface area (Å²) in [5, 5.41) is 50.4. The summed E-state index contributed by atoms with van der Waals surface area (Å²) < 4.78 is 21.7. The van der Waals surface area contributed by atoms with Crippen molar-refractivity contribution in [2.75, 3.05) is 19.7 Å². The summed E-state index contributed by atoms with van der Waals surface area (Å²) in [5.41, 5.74) is 11.0. The van der Waals surface area contributed by atoms with Crippen molar-refractivity contribution in [1.82, 2.24) is 0 Å². The molecule has 4 fully saturated rings. The molecule has 0 bridgehead atoms.